The Morgan fingerprint density at radius 2 is 0.533 bits per heavy atom. The molecule has 0 aliphatic heterocycles. The van der Waals surface area contributed by atoms with Crippen molar-refractivity contribution < 1.29 is 55.2 Å². The molecule has 0 aromatic rings. The standard InChI is InChI=1S/3C3H4O2.5C2H6O/c3*1-2-3(4)5;5*1-2-3/h3*2H,1H2,(H,4,5);5*3H,2H2,1H3. The van der Waals surface area contributed by atoms with Gasteiger partial charge in [-0.25, -0.2) is 14.4 Å². The molecule has 0 aliphatic carbocycles. The maximum atomic E-state index is 9.25. The lowest BCUT2D eigenvalue weighted by Gasteiger charge is -1.64. The molecule has 0 aliphatic rings. The SMILES string of the molecule is C=CC(=O)O.C=CC(=O)O.C=CC(=O)O.CCO.CCO.CCO.CCO.CCO. The van der Waals surface area contributed by atoms with Gasteiger partial charge >= 0.3 is 17.9 Å². The molecule has 184 valence electrons. The highest BCUT2D eigenvalue weighted by Crippen LogP contribution is 1.55. The van der Waals surface area contributed by atoms with Crippen molar-refractivity contribution in [1.82, 2.24) is 0 Å². The quantitative estimate of drug-likeness (QED) is 0.283. The minimum atomic E-state index is -0.981. The molecule has 30 heavy (non-hydrogen) atoms. The first kappa shape index (κ1) is 50.8. The van der Waals surface area contributed by atoms with Gasteiger partial charge in [-0.3, -0.25) is 0 Å². The number of carboxylic acid groups (broad SMARTS) is 3. The highest BCUT2D eigenvalue weighted by Gasteiger charge is 1.74. The van der Waals surface area contributed by atoms with Gasteiger partial charge < -0.3 is 40.9 Å². The van der Waals surface area contributed by atoms with E-state index in [0.29, 0.717) is 0 Å². The van der Waals surface area contributed by atoms with Crippen LogP contribution in [0.5, 0.6) is 0 Å². The van der Waals surface area contributed by atoms with Crippen molar-refractivity contribution >= 4 is 17.9 Å². The van der Waals surface area contributed by atoms with Gasteiger partial charge in [-0.15, -0.1) is 0 Å². The molecule has 0 saturated carbocycles. The number of aliphatic carboxylic acids is 3. The average Bonchev–Trinajstić information content (AvgIpc) is 2.66. The van der Waals surface area contributed by atoms with E-state index < -0.39 is 17.9 Å². The Morgan fingerprint density at radius 3 is 0.533 bits per heavy atom. The van der Waals surface area contributed by atoms with Gasteiger partial charge in [0.2, 0.25) is 0 Å². The summed E-state index contributed by atoms with van der Waals surface area (Å²) in [6, 6.07) is 0. The summed E-state index contributed by atoms with van der Waals surface area (Å²) in [5, 5.41) is 60.7. The number of aliphatic hydroxyl groups is 5. The molecule has 0 spiro atoms. The Morgan fingerprint density at radius 1 is 0.500 bits per heavy atom. The van der Waals surface area contributed by atoms with E-state index >= 15 is 0 Å². The second-order valence-corrected chi connectivity index (χ2v) is 3.21. The number of rotatable bonds is 3. The molecule has 11 nitrogen and oxygen atoms in total. The molecule has 0 bridgehead atoms. The summed E-state index contributed by atoms with van der Waals surface area (Å²) in [6.45, 7) is 18.5. The van der Waals surface area contributed by atoms with Crippen LogP contribution in [0.1, 0.15) is 34.6 Å². The van der Waals surface area contributed by atoms with Gasteiger partial charge in [0, 0.05) is 51.3 Å². The first-order valence-electron chi connectivity index (χ1n) is 8.49. The van der Waals surface area contributed by atoms with Crippen LogP contribution in [0.3, 0.4) is 0 Å². The molecule has 0 heterocycles. The van der Waals surface area contributed by atoms with E-state index in [4.69, 9.17) is 40.9 Å². The van der Waals surface area contributed by atoms with Crippen molar-refractivity contribution in [3.05, 3.63) is 38.0 Å². The van der Waals surface area contributed by atoms with E-state index in [9.17, 15) is 14.4 Å². The van der Waals surface area contributed by atoms with Crippen molar-refractivity contribution in [3.63, 3.8) is 0 Å². The monoisotopic (exact) mass is 446 g/mol. The molecule has 11 heteroatoms. The predicted octanol–water partition coefficient (Wildman–Crippen LogP) is 0.764. The topological polar surface area (TPSA) is 213 Å². The van der Waals surface area contributed by atoms with Crippen LogP contribution >= 0.6 is 0 Å². The second kappa shape index (κ2) is 82.1. The van der Waals surface area contributed by atoms with Gasteiger partial charge in [-0.1, -0.05) is 19.7 Å². The fourth-order valence-corrected chi connectivity index (χ4v) is 0. The third-order valence-corrected chi connectivity index (χ3v) is 0.524. The minimum absolute atomic E-state index is 0.250. The van der Waals surface area contributed by atoms with Gasteiger partial charge in [-0.2, -0.15) is 0 Å². The molecule has 0 atom stereocenters. The van der Waals surface area contributed by atoms with Gasteiger partial charge in [0.05, 0.1) is 0 Å². The Bertz CT molecular complexity index is 276. The van der Waals surface area contributed by atoms with Gasteiger partial charge in [0.1, 0.15) is 0 Å². The Hall–Kier alpha value is -2.57. The first-order chi connectivity index (χ1) is 13.9. The predicted molar refractivity (Wildman–Crippen MR) is 117 cm³/mol. The van der Waals surface area contributed by atoms with E-state index in [2.05, 4.69) is 19.7 Å². The van der Waals surface area contributed by atoms with E-state index in [1.807, 2.05) is 0 Å². The maximum Gasteiger partial charge on any atom is 0.327 e. The lowest BCUT2D eigenvalue weighted by atomic mass is 10.7. The van der Waals surface area contributed by atoms with E-state index in [1.165, 1.54) is 0 Å². The largest absolute Gasteiger partial charge is 0.478 e. The molecule has 0 radical (unpaired) electrons. The number of hydrogen-bond acceptors (Lipinski definition) is 8. The molecule has 0 unspecified atom stereocenters. The van der Waals surface area contributed by atoms with Crippen LogP contribution in [0.4, 0.5) is 0 Å². The average molecular weight is 447 g/mol. The van der Waals surface area contributed by atoms with Crippen LogP contribution in [-0.4, -0.2) is 91.8 Å². The van der Waals surface area contributed by atoms with E-state index in [-0.39, 0.29) is 33.0 Å². The minimum Gasteiger partial charge on any atom is -0.478 e. The highest BCUT2D eigenvalue weighted by molar-refractivity contribution is 5.79. The molecule has 0 amide bonds. The Balaban J connectivity index is -0.0000000312. The lowest BCUT2D eigenvalue weighted by Crippen LogP contribution is -1.82. The van der Waals surface area contributed by atoms with Crippen molar-refractivity contribution in [3.8, 4) is 0 Å². The lowest BCUT2D eigenvalue weighted by molar-refractivity contribution is -0.132. The number of carboxylic acids is 3. The first-order valence-corrected chi connectivity index (χ1v) is 8.49. The summed E-state index contributed by atoms with van der Waals surface area (Å²) in [5.41, 5.74) is 0. The third-order valence-electron chi connectivity index (χ3n) is 0.524. The smallest absolute Gasteiger partial charge is 0.327 e. The summed E-state index contributed by atoms with van der Waals surface area (Å²) in [6.07, 6.45) is 2.50. The zero-order valence-electron chi connectivity index (χ0n) is 18.7. The van der Waals surface area contributed by atoms with Gasteiger partial charge in [0.15, 0.2) is 0 Å². The third kappa shape index (κ3) is 1290. The number of hydrogen-bond donors (Lipinski definition) is 8. The van der Waals surface area contributed by atoms with Crippen LogP contribution in [0.15, 0.2) is 38.0 Å². The maximum absolute atomic E-state index is 9.25. The van der Waals surface area contributed by atoms with Crippen molar-refractivity contribution in [2.75, 3.05) is 33.0 Å². The van der Waals surface area contributed by atoms with Crippen LogP contribution in [-0.2, 0) is 14.4 Å². The van der Waals surface area contributed by atoms with E-state index in [0.717, 1.165) is 18.2 Å². The summed E-state index contributed by atoms with van der Waals surface area (Å²) in [4.78, 5) is 27.8. The molecule has 0 aromatic carbocycles. The normalized spacial score (nSPS) is 6.20. The zero-order chi connectivity index (χ0) is 26.4. The van der Waals surface area contributed by atoms with Crippen molar-refractivity contribution in [2.45, 2.75) is 34.6 Å². The van der Waals surface area contributed by atoms with Crippen LogP contribution < -0.4 is 0 Å². The molecular weight excluding hydrogens is 404 g/mol. The summed E-state index contributed by atoms with van der Waals surface area (Å²) < 4.78 is 0. The fourth-order valence-electron chi connectivity index (χ4n) is 0. The summed E-state index contributed by atoms with van der Waals surface area (Å²) >= 11 is 0. The van der Waals surface area contributed by atoms with Crippen LogP contribution in [0.25, 0.3) is 0 Å². The van der Waals surface area contributed by atoms with E-state index in [1.54, 1.807) is 34.6 Å². The second-order valence-electron chi connectivity index (χ2n) is 3.21. The van der Waals surface area contributed by atoms with Gasteiger partial charge in [0.25, 0.3) is 0 Å². The number of aliphatic hydroxyl groups excluding tert-OH is 5. The zero-order valence-corrected chi connectivity index (χ0v) is 18.7. The van der Waals surface area contributed by atoms with Crippen molar-refractivity contribution in [2.24, 2.45) is 0 Å². The molecular formula is C19H42O11. The molecule has 0 fully saturated rings. The number of carbonyl (C=O) groups is 3. The molecule has 0 rings (SSSR count). The molecule has 0 aromatic heterocycles. The Kier molecular flexibility index (Phi) is 139. The van der Waals surface area contributed by atoms with Crippen LogP contribution in [0, 0.1) is 0 Å². The molecule has 8 N–H and O–H groups in total. The van der Waals surface area contributed by atoms with Gasteiger partial charge in [-0.05, 0) is 34.6 Å². The highest BCUT2D eigenvalue weighted by atomic mass is 16.4. The Labute approximate surface area is 179 Å². The fraction of sp³-hybridized carbons (Fsp3) is 0.526. The summed E-state index contributed by atoms with van der Waals surface area (Å²) in [7, 11) is 0. The molecule has 0 saturated heterocycles. The van der Waals surface area contributed by atoms with Crippen LogP contribution in [0.2, 0.25) is 0 Å². The van der Waals surface area contributed by atoms with Crippen molar-refractivity contribution in [1.29, 1.82) is 0 Å². The summed E-state index contributed by atoms with van der Waals surface area (Å²) in [5.74, 6) is -2.94.